The number of halogens is 1. The molecule has 0 bridgehead atoms. The lowest BCUT2D eigenvalue weighted by Gasteiger charge is -2.32. The van der Waals surface area contributed by atoms with Gasteiger partial charge in [-0.2, -0.15) is 5.10 Å². The highest BCUT2D eigenvalue weighted by Crippen LogP contribution is 2.29. The number of aromatic hydroxyl groups is 1. The average Bonchev–Trinajstić information content (AvgIpc) is 2.69. The fourth-order valence-electron chi connectivity index (χ4n) is 3.42. The van der Waals surface area contributed by atoms with Crippen LogP contribution >= 0.6 is 0 Å². The lowest BCUT2D eigenvalue weighted by Crippen LogP contribution is -2.37. The summed E-state index contributed by atoms with van der Waals surface area (Å²) in [6, 6.07) is 14.1. The van der Waals surface area contributed by atoms with Crippen molar-refractivity contribution in [3.8, 4) is 5.75 Å². The maximum Gasteiger partial charge on any atom is 0.128 e. The van der Waals surface area contributed by atoms with Crippen molar-refractivity contribution in [3.05, 3.63) is 65.5 Å². The van der Waals surface area contributed by atoms with Crippen molar-refractivity contribution in [2.75, 3.05) is 19.6 Å². The monoisotopic (exact) mass is 368 g/mol. The molecular formula is C21H25FN4O. The summed E-state index contributed by atoms with van der Waals surface area (Å²) in [7, 11) is 0. The van der Waals surface area contributed by atoms with Gasteiger partial charge in [0.25, 0.3) is 0 Å². The number of phenols is 1. The third-order valence-corrected chi connectivity index (χ3v) is 4.94. The van der Waals surface area contributed by atoms with E-state index in [9.17, 15) is 9.50 Å². The second kappa shape index (κ2) is 9.28. The molecule has 1 aliphatic heterocycles. The molecule has 0 aromatic heterocycles. The van der Waals surface area contributed by atoms with Gasteiger partial charge in [0, 0.05) is 18.3 Å². The van der Waals surface area contributed by atoms with Gasteiger partial charge in [-0.25, -0.2) is 4.39 Å². The molecule has 0 saturated carbocycles. The summed E-state index contributed by atoms with van der Waals surface area (Å²) in [6.45, 7) is 2.76. The SMILES string of the molecule is NN=C(C=NCc1ccccc1F)CN1CCC(c2cccc(O)c2)CC1. The minimum absolute atomic E-state index is 0.255. The van der Waals surface area contributed by atoms with Crippen molar-refractivity contribution < 1.29 is 9.50 Å². The zero-order valence-electron chi connectivity index (χ0n) is 15.3. The summed E-state index contributed by atoms with van der Waals surface area (Å²) in [6.07, 6.45) is 3.68. The van der Waals surface area contributed by atoms with Crippen LogP contribution in [0.4, 0.5) is 4.39 Å². The van der Waals surface area contributed by atoms with Gasteiger partial charge in [-0.15, -0.1) is 0 Å². The van der Waals surface area contributed by atoms with Gasteiger partial charge in [0.1, 0.15) is 11.6 Å². The van der Waals surface area contributed by atoms with E-state index >= 15 is 0 Å². The Morgan fingerprint density at radius 3 is 2.67 bits per heavy atom. The molecule has 1 saturated heterocycles. The Labute approximate surface area is 159 Å². The smallest absolute Gasteiger partial charge is 0.128 e. The summed E-state index contributed by atoms with van der Waals surface area (Å²) in [5.74, 6) is 6.03. The van der Waals surface area contributed by atoms with Crippen LogP contribution in [0.15, 0.2) is 58.6 Å². The van der Waals surface area contributed by atoms with E-state index in [4.69, 9.17) is 5.84 Å². The Balaban J connectivity index is 1.50. The summed E-state index contributed by atoms with van der Waals surface area (Å²) in [4.78, 5) is 6.57. The van der Waals surface area contributed by atoms with Crippen molar-refractivity contribution in [1.82, 2.24) is 4.90 Å². The number of rotatable bonds is 6. The van der Waals surface area contributed by atoms with Crippen molar-refractivity contribution in [2.45, 2.75) is 25.3 Å². The molecule has 1 aliphatic rings. The molecular weight excluding hydrogens is 343 g/mol. The number of hydrogen-bond acceptors (Lipinski definition) is 5. The molecule has 1 fully saturated rings. The van der Waals surface area contributed by atoms with Crippen LogP contribution in [0.25, 0.3) is 0 Å². The Morgan fingerprint density at radius 2 is 1.96 bits per heavy atom. The van der Waals surface area contributed by atoms with Gasteiger partial charge in [-0.3, -0.25) is 9.89 Å². The Kier molecular flexibility index (Phi) is 6.54. The lowest BCUT2D eigenvalue weighted by molar-refractivity contribution is 0.239. The van der Waals surface area contributed by atoms with Crippen molar-refractivity contribution in [2.24, 2.45) is 15.9 Å². The topological polar surface area (TPSA) is 74.2 Å². The fraction of sp³-hybridized carbons (Fsp3) is 0.333. The molecule has 2 aromatic rings. The van der Waals surface area contributed by atoms with E-state index in [0.717, 1.165) is 25.9 Å². The molecule has 1 heterocycles. The zero-order valence-corrected chi connectivity index (χ0v) is 15.3. The van der Waals surface area contributed by atoms with Gasteiger partial charge in [0.05, 0.1) is 12.3 Å². The predicted molar refractivity (Wildman–Crippen MR) is 107 cm³/mol. The van der Waals surface area contributed by atoms with Crippen LogP contribution in [0.3, 0.4) is 0 Å². The number of piperidine rings is 1. The van der Waals surface area contributed by atoms with E-state index in [1.807, 2.05) is 12.1 Å². The minimum atomic E-state index is -0.255. The molecule has 0 aliphatic carbocycles. The summed E-state index contributed by atoms with van der Waals surface area (Å²) >= 11 is 0. The summed E-state index contributed by atoms with van der Waals surface area (Å²) in [5.41, 5.74) is 2.42. The van der Waals surface area contributed by atoms with E-state index in [-0.39, 0.29) is 12.4 Å². The van der Waals surface area contributed by atoms with Crippen LogP contribution in [-0.4, -0.2) is 41.6 Å². The first-order valence-corrected chi connectivity index (χ1v) is 9.17. The quantitative estimate of drug-likeness (QED) is 0.467. The van der Waals surface area contributed by atoms with E-state index < -0.39 is 0 Å². The maximum absolute atomic E-state index is 13.6. The van der Waals surface area contributed by atoms with Crippen LogP contribution in [-0.2, 0) is 6.54 Å². The van der Waals surface area contributed by atoms with Crippen LogP contribution in [0.5, 0.6) is 5.75 Å². The number of phenolic OH excluding ortho intramolecular Hbond substituents is 1. The predicted octanol–water partition coefficient (Wildman–Crippen LogP) is 3.30. The van der Waals surface area contributed by atoms with Crippen molar-refractivity contribution >= 4 is 11.9 Å². The highest BCUT2D eigenvalue weighted by molar-refractivity contribution is 6.31. The molecule has 0 unspecified atom stereocenters. The first-order valence-electron chi connectivity index (χ1n) is 9.17. The van der Waals surface area contributed by atoms with Gasteiger partial charge < -0.3 is 10.9 Å². The summed E-state index contributed by atoms with van der Waals surface area (Å²) in [5, 5.41) is 13.5. The average molecular weight is 368 g/mol. The second-order valence-electron chi connectivity index (χ2n) is 6.83. The minimum Gasteiger partial charge on any atom is -0.508 e. The molecule has 0 spiro atoms. The van der Waals surface area contributed by atoms with Crippen LogP contribution < -0.4 is 5.84 Å². The van der Waals surface area contributed by atoms with Crippen LogP contribution in [0.1, 0.15) is 29.9 Å². The molecule has 0 atom stereocenters. The number of nitrogens with zero attached hydrogens (tertiary/aromatic N) is 3. The van der Waals surface area contributed by atoms with Gasteiger partial charge in [0.2, 0.25) is 0 Å². The maximum atomic E-state index is 13.6. The van der Waals surface area contributed by atoms with E-state index in [0.29, 0.717) is 29.5 Å². The number of hydrogen-bond donors (Lipinski definition) is 2. The molecule has 27 heavy (non-hydrogen) atoms. The summed E-state index contributed by atoms with van der Waals surface area (Å²) < 4.78 is 13.6. The Morgan fingerprint density at radius 1 is 1.19 bits per heavy atom. The third-order valence-electron chi connectivity index (χ3n) is 4.94. The zero-order chi connectivity index (χ0) is 19.1. The largest absolute Gasteiger partial charge is 0.508 e. The van der Waals surface area contributed by atoms with E-state index in [1.54, 1.807) is 30.5 Å². The van der Waals surface area contributed by atoms with Crippen LogP contribution in [0.2, 0.25) is 0 Å². The number of likely N-dealkylation sites (tertiary alicyclic amines) is 1. The first-order chi connectivity index (χ1) is 13.2. The third kappa shape index (κ3) is 5.37. The molecule has 5 nitrogen and oxygen atoms in total. The highest BCUT2D eigenvalue weighted by atomic mass is 19.1. The standard InChI is InChI=1S/C21H25FN4O/c22-21-7-2-1-4-18(21)13-24-14-19(25-23)15-26-10-8-16(9-11-26)17-5-3-6-20(27)12-17/h1-7,12,14,16,27H,8-11,13,15,23H2. The number of hydrazone groups is 1. The fourth-order valence-corrected chi connectivity index (χ4v) is 3.42. The molecule has 0 radical (unpaired) electrons. The highest BCUT2D eigenvalue weighted by Gasteiger charge is 2.21. The molecule has 142 valence electrons. The van der Waals surface area contributed by atoms with E-state index in [1.165, 1.54) is 11.6 Å². The number of benzene rings is 2. The Bertz CT molecular complexity index is 813. The normalized spacial score (nSPS) is 16.9. The van der Waals surface area contributed by atoms with Crippen molar-refractivity contribution in [3.63, 3.8) is 0 Å². The van der Waals surface area contributed by atoms with Crippen molar-refractivity contribution in [1.29, 1.82) is 0 Å². The van der Waals surface area contributed by atoms with E-state index in [2.05, 4.69) is 21.1 Å². The molecule has 2 aromatic carbocycles. The Hall–Kier alpha value is -2.73. The van der Waals surface area contributed by atoms with Crippen LogP contribution in [0, 0.1) is 5.82 Å². The lowest BCUT2D eigenvalue weighted by atomic mass is 9.89. The molecule has 3 N–H and O–H groups in total. The molecule has 3 rings (SSSR count). The number of aliphatic imine (C=N–C) groups is 1. The van der Waals surface area contributed by atoms with Gasteiger partial charge in [-0.1, -0.05) is 30.3 Å². The number of nitrogens with two attached hydrogens (primary N) is 1. The van der Waals surface area contributed by atoms with Gasteiger partial charge >= 0.3 is 0 Å². The molecule has 6 heteroatoms. The first kappa shape index (κ1) is 19.0. The second-order valence-corrected chi connectivity index (χ2v) is 6.83. The van der Waals surface area contributed by atoms with Gasteiger partial charge in [-0.05, 0) is 55.6 Å². The van der Waals surface area contributed by atoms with Gasteiger partial charge in [0.15, 0.2) is 0 Å². The molecule has 0 amide bonds.